The number of amides is 1. The van der Waals surface area contributed by atoms with Crippen molar-refractivity contribution in [1.82, 2.24) is 5.16 Å². The molecular weight excluding hydrogens is 222 g/mol. The Morgan fingerprint density at radius 2 is 2.06 bits per heavy atom. The van der Waals surface area contributed by atoms with Crippen LogP contribution in [0.4, 0.5) is 11.4 Å². The van der Waals surface area contributed by atoms with Gasteiger partial charge in [0.1, 0.15) is 30.0 Å². The van der Waals surface area contributed by atoms with Crippen molar-refractivity contribution < 1.29 is 13.7 Å². The predicted molar refractivity (Wildman–Crippen MR) is 59.7 cm³/mol. The van der Waals surface area contributed by atoms with Gasteiger partial charge in [-0.25, -0.2) is 0 Å². The zero-order chi connectivity index (χ0) is 12.0. The van der Waals surface area contributed by atoms with Crippen LogP contribution >= 0.6 is 0 Å². The Labute approximate surface area is 97.0 Å². The largest absolute Gasteiger partial charge is 0.468 e. The lowest BCUT2D eigenvalue weighted by molar-refractivity contribution is -0.117. The quantitative estimate of drug-likeness (QED) is 0.787. The molecule has 2 aromatic heterocycles. The van der Waals surface area contributed by atoms with E-state index in [-0.39, 0.29) is 5.91 Å². The van der Waals surface area contributed by atoms with Gasteiger partial charge >= 0.3 is 0 Å². The molecule has 0 spiro atoms. The smallest absolute Gasteiger partial charge is 0.251 e. The first kappa shape index (κ1) is 9.95. The minimum Gasteiger partial charge on any atom is -0.468 e. The molecule has 0 saturated heterocycles. The highest BCUT2D eigenvalue weighted by Crippen LogP contribution is 2.34. The topological polar surface area (TPSA) is 80.3 Å². The van der Waals surface area contributed by atoms with Crippen LogP contribution in [0.15, 0.2) is 21.5 Å². The van der Waals surface area contributed by atoms with Crippen LogP contribution in [0.2, 0.25) is 0 Å². The van der Waals surface area contributed by atoms with Gasteiger partial charge in [0.2, 0.25) is 0 Å². The van der Waals surface area contributed by atoms with E-state index in [0.29, 0.717) is 17.1 Å². The number of nitrogens with zero attached hydrogens (tertiary/aromatic N) is 1. The van der Waals surface area contributed by atoms with Gasteiger partial charge in [-0.05, 0) is 13.8 Å². The van der Waals surface area contributed by atoms with Crippen molar-refractivity contribution in [2.24, 2.45) is 0 Å². The van der Waals surface area contributed by atoms with Crippen molar-refractivity contribution in [1.29, 1.82) is 0 Å². The van der Waals surface area contributed by atoms with E-state index in [4.69, 9.17) is 8.94 Å². The SMILES string of the molecule is Cc1noc(C)c1C1Nc2cocc2NC1=O. The van der Waals surface area contributed by atoms with Gasteiger partial charge in [0.05, 0.1) is 11.4 Å². The number of hydrogen-bond donors (Lipinski definition) is 2. The molecule has 6 heteroatoms. The second kappa shape index (κ2) is 3.38. The molecule has 1 aliphatic rings. The summed E-state index contributed by atoms with van der Waals surface area (Å²) < 4.78 is 10.1. The molecule has 1 amide bonds. The number of hydrogen-bond acceptors (Lipinski definition) is 5. The number of fused-ring (bicyclic) bond motifs is 1. The lowest BCUT2D eigenvalue weighted by Crippen LogP contribution is -2.31. The number of carbonyl (C=O) groups excluding carboxylic acids is 1. The molecule has 17 heavy (non-hydrogen) atoms. The molecule has 0 fully saturated rings. The average molecular weight is 233 g/mol. The van der Waals surface area contributed by atoms with Crippen LogP contribution < -0.4 is 10.6 Å². The van der Waals surface area contributed by atoms with E-state index in [1.807, 2.05) is 6.92 Å². The van der Waals surface area contributed by atoms with Crippen LogP contribution in [0.25, 0.3) is 0 Å². The third kappa shape index (κ3) is 1.41. The van der Waals surface area contributed by atoms with Gasteiger partial charge in [-0.3, -0.25) is 4.79 Å². The second-order valence-electron chi connectivity index (χ2n) is 4.00. The fraction of sp³-hybridized carbons (Fsp3) is 0.273. The lowest BCUT2D eigenvalue weighted by atomic mass is 10.0. The zero-order valence-electron chi connectivity index (χ0n) is 9.40. The molecule has 1 aliphatic heterocycles. The maximum absolute atomic E-state index is 12.0. The van der Waals surface area contributed by atoms with Crippen LogP contribution in [0, 0.1) is 13.8 Å². The van der Waals surface area contributed by atoms with Crippen molar-refractivity contribution in [2.45, 2.75) is 19.9 Å². The lowest BCUT2D eigenvalue weighted by Gasteiger charge is -2.23. The first-order valence-electron chi connectivity index (χ1n) is 5.23. The Morgan fingerprint density at radius 1 is 1.29 bits per heavy atom. The molecule has 0 aromatic carbocycles. The summed E-state index contributed by atoms with van der Waals surface area (Å²) in [4.78, 5) is 12.0. The van der Waals surface area contributed by atoms with Crippen molar-refractivity contribution in [3.05, 3.63) is 29.5 Å². The summed E-state index contributed by atoms with van der Waals surface area (Å²) in [5, 5.41) is 9.72. The van der Waals surface area contributed by atoms with E-state index < -0.39 is 6.04 Å². The van der Waals surface area contributed by atoms with Crippen molar-refractivity contribution in [3.63, 3.8) is 0 Å². The van der Waals surface area contributed by atoms with Crippen LogP contribution in [-0.4, -0.2) is 11.1 Å². The second-order valence-corrected chi connectivity index (χ2v) is 4.00. The standard InChI is InChI=1S/C11H11N3O3/c1-5-9(6(2)17-14-5)10-11(15)13-8-4-16-3-7(8)12-10/h3-4,10,12H,1-2H3,(H,13,15). The number of anilines is 2. The van der Waals surface area contributed by atoms with Crippen molar-refractivity contribution in [3.8, 4) is 0 Å². The van der Waals surface area contributed by atoms with E-state index >= 15 is 0 Å². The van der Waals surface area contributed by atoms with Gasteiger partial charge < -0.3 is 19.6 Å². The molecule has 0 radical (unpaired) electrons. The summed E-state index contributed by atoms with van der Waals surface area (Å²) in [6.45, 7) is 3.60. The highest BCUT2D eigenvalue weighted by molar-refractivity contribution is 6.03. The fourth-order valence-corrected chi connectivity index (χ4v) is 2.04. The maximum Gasteiger partial charge on any atom is 0.251 e. The molecule has 0 aliphatic carbocycles. The van der Waals surface area contributed by atoms with Crippen LogP contribution in [0.5, 0.6) is 0 Å². The molecule has 2 N–H and O–H groups in total. The maximum atomic E-state index is 12.0. The number of furan rings is 1. The van der Waals surface area contributed by atoms with E-state index in [1.54, 1.807) is 13.2 Å². The third-order valence-corrected chi connectivity index (χ3v) is 2.86. The number of rotatable bonds is 1. The molecule has 2 aromatic rings. The highest BCUT2D eigenvalue weighted by Gasteiger charge is 2.32. The van der Waals surface area contributed by atoms with Crippen LogP contribution in [0.1, 0.15) is 23.1 Å². The molecule has 3 heterocycles. The number of aryl methyl sites for hydroxylation is 2. The number of nitrogens with one attached hydrogen (secondary N) is 2. The molecular formula is C11H11N3O3. The molecule has 6 nitrogen and oxygen atoms in total. The molecule has 88 valence electrons. The van der Waals surface area contributed by atoms with E-state index in [1.165, 1.54) is 6.26 Å². The van der Waals surface area contributed by atoms with Gasteiger partial charge in [-0.2, -0.15) is 0 Å². The molecule has 0 bridgehead atoms. The molecule has 0 saturated carbocycles. The van der Waals surface area contributed by atoms with Gasteiger partial charge in [0.15, 0.2) is 0 Å². The Balaban J connectivity index is 2.03. The summed E-state index contributed by atoms with van der Waals surface area (Å²) in [5.74, 6) is 0.496. The summed E-state index contributed by atoms with van der Waals surface area (Å²) >= 11 is 0. The minimum absolute atomic E-state index is 0.145. The van der Waals surface area contributed by atoms with Gasteiger partial charge in [-0.1, -0.05) is 5.16 Å². The first-order valence-corrected chi connectivity index (χ1v) is 5.23. The Morgan fingerprint density at radius 3 is 2.76 bits per heavy atom. The summed E-state index contributed by atoms with van der Waals surface area (Å²) in [6, 6.07) is -0.494. The summed E-state index contributed by atoms with van der Waals surface area (Å²) in [6.07, 6.45) is 3.05. The number of carbonyl (C=O) groups is 1. The fourth-order valence-electron chi connectivity index (χ4n) is 2.04. The molecule has 1 unspecified atom stereocenters. The molecule has 3 rings (SSSR count). The van der Waals surface area contributed by atoms with E-state index in [9.17, 15) is 4.79 Å². The third-order valence-electron chi connectivity index (χ3n) is 2.86. The summed E-state index contributed by atoms with van der Waals surface area (Å²) in [5.41, 5.74) is 2.89. The summed E-state index contributed by atoms with van der Waals surface area (Å²) in [7, 11) is 0. The van der Waals surface area contributed by atoms with E-state index in [0.717, 1.165) is 11.3 Å². The van der Waals surface area contributed by atoms with Crippen molar-refractivity contribution in [2.75, 3.05) is 10.6 Å². The normalized spacial score (nSPS) is 18.5. The Kier molecular flexibility index (Phi) is 1.98. The minimum atomic E-state index is -0.494. The van der Waals surface area contributed by atoms with Crippen molar-refractivity contribution >= 4 is 17.3 Å². The van der Waals surface area contributed by atoms with Gasteiger partial charge in [-0.15, -0.1) is 0 Å². The average Bonchev–Trinajstić information content (AvgIpc) is 2.85. The first-order chi connectivity index (χ1) is 8.16. The Hall–Kier alpha value is -2.24. The van der Waals surface area contributed by atoms with Gasteiger partial charge in [0.25, 0.3) is 5.91 Å². The van der Waals surface area contributed by atoms with Crippen LogP contribution in [-0.2, 0) is 4.79 Å². The highest BCUT2D eigenvalue weighted by atomic mass is 16.5. The predicted octanol–water partition coefficient (Wildman–Crippen LogP) is 1.99. The van der Waals surface area contributed by atoms with Crippen LogP contribution in [0.3, 0.4) is 0 Å². The van der Waals surface area contributed by atoms with E-state index in [2.05, 4.69) is 15.8 Å². The zero-order valence-corrected chi connectivity index (χ0v) is 9.40. The molecule has 1 atom stereocenters. The monoisotopic (exact) mass is 233 g/mol. The Bertz CT molecular complexity index is 565. The number of aromatic nitrogens is 1. The van der Waals surface area contributed by atoms with Gasteiger partial charge in [0, 0.05) is 5.56 Å².